The molecule has 15 heteroatoms. The molecule has 0 radical (unpaired) electrons. The van der Waals surface area contributed by atoms with Gasteiger partial charge in [-0.15, -0.1) is 0 Å². The van der Waals surface area contributed by atoms with Crippen LogP contribution in [0.3, 0.4) is 0 Å². The molecule has 0 saturated heterocycles. The molecule has 3 rings (SSSR count). The molecule has 2 aromatic carbocycles. The van der Waals surface area contributed by atoms with E-state index in [-0.39, 0.29) is 12.1 Å². The third-order valence-electron chi connectivity index (χ3n) is 4.04. The number of rotatable bonds is 6. The van der Waals surface area contributed by atoms with Crippen molar-refractivity contribution in [1.29, 1.82) is 4.78 Å². The largest absolute Gasteiger partial charge is 0.324 e. The first-order valence-corrected chi connectivity index (χ1v) is 12.7. The Hall–Kier alpha value is -2.94. The molecule has 1 aromatic heterocycles. The van der Waals surface area contributed by atoms with Crippen molar-refractivity contribution in [3.8, 4) is 11.3 Å². The average Bonchev–Trinajstić information content (AvgIpc) is 2.60. The summed E-state index contributed by atoms with van der Waals surface area (Å²) in [5.41, 5.74) is -2.27. The number of benzene rings is 2. The SMILES string of the molecule is C[S@@](=N)(=O)Cc1cc(Nc2ncc(F)c(-c3ccc(F)cc3F)n2)cc(S(F)(F)(F)(F)F)c1. The molecular weight excluding hydrogens is 504 g/mol. The first-order valence-electron chi connectivity index (χ1n) is 8.65. The van der Waals surface area contributed by atoms with Gasteiger partial charge in [-0.2, -0.15) is 0 Å². The van der Waals surface area contributed by atoms with Crippen molar-refractivity contribution in [2.24, 2.45) is 0 Å². The minimum absolute atomic E-state index is 0.0529. The van der Waals surface area contributed by atoms with E-state index < -0.39 is 76.5 Å². The van der Waals surface area contributed by atoms with Crippen LogP contribution in [0.2, 0.25) is 0 Å². The normalized spacial score (nSPS) is 15.9. The number of nitrogens with one attached hydrogen (secondary N) is 2. The van der Waals surface area contributed by atoms with Crippen molar-refractivity contribution in [1.82, 2.24) is 9.97 Å². The molecule has 0 amide bonds. The zero-order valence-electron chi connectivity index (χ0n) is 16.4. The third-order valence-corrected chi connectivity index (χ3v) is 6.05. The Morgan fingerprint density at radius 2 is 1.67 bits per heavy atom. The van der Waals surface area contributed by atoms with E-state index in [1.54, 1.807) is 0 Å². The van der Waals surface area contributed by atoms with Crippen LogP contribution in [0.5, 0.6) is 0 Å². The molecule has 0 bridgehead atoms. The van der Waals surface area contributed by atoms with Crippen LogP contribution in [0.25, 0.3) is 11.3 Å². The zero-order valence-corrected chi connectivity index (χ0v) is 18.0. The van der Waals surface area contributed by atoms with Gasteiger partial charge in [-0.1, -0.05) is 19.4 Å². The molecule has 0 aliphatic rings. The molecule has 33 heavy (non-hydrogen) atoms. The van der Waals surface area contributed by atoms with Gasteiger partial charge in [0.2, 0.25) is 5.95 Å². The van der Waals surface area contributed by atoms with Crippen molar-refractivity contribution in [2.75, 3.05) is 11.6 Å². The molecule has 180 valence electrons. The maximum Gasteiger partial charge on any atom is 0.310 e. The minimum Gasteiger partial charge on any atom is -0.324 e. The monoisotopic (exact) mass is 518 g/mol. The van der Waals surface area contributed by atoms with E-state index in [4.69, 9.17) is 4.78 Å². The van der Waals surface area contributed by atoms with Gasteiger partial charge in [-0.05, 0) is 35.9 Å². The third kappa shape index (κ3) is 6.31. The predicted octanol–water partition coefficient (Wildman–Crippen LogP) is 7.14. The highest BCUT2D eigenvalue weighted by molar-refractivity contribution is 8.45. The molecule has 0 fully saturated rings. The summed E-state index contributed by atoms with van der Waals surface area (Å²) in [5.74, 6) is -4.64. The Kier molecular flexibility index (Phi) is 5.45. The number of nitrogens with zero attached hydrogens (tertiary/aromatic N) is 2. The van der Waals surface area contributed by atoms with Gasteiger partial charge in [0.25, 0.3) is 0 Å². The maximum atomic E-state index is 14.1. The second-order valence-corrected chi connectivity index (χ2v) is 11.8. The topological polar surface area (TPSA) is 78.7 Å². The summed E-state index contributed by atoms with van der Waals surface area (Å²) in [6, 6.07) is 3.21. The molecule has 5 nitrogen and oxygen atoms in total. The fraction of sp³-hybridized carbons (Fsp3) is 0.111. The Balaban J connectivity index is 2.10. The first kappa shape index (κ1) is 24.7. The molecule has 0 spiro atoms. The Morgan fingerprint density at radius 1 is 1.00 bits per heavy atom. The molecule has 0 aliphatic carbocycles. The molecule has 1 atom stereocenters. The number of halogens is 8. The van der Waals surface area contributed by atoms with Gasteiger partial charge in [0, 0.05) is 33.3 Å². The lowest BCUT2D eigenvalue weighted by atomic mass is 10.1. The summed E-state index contributed by atoms with van der Waals surface area (Å²) in [6.45, 7) is 0. The van der Waals surface area contributed by atoms with E-state index >= 15 is 0 Å². The highest BCUT2D eigenvalue weighted by atomic mass is 32.5. The zero-order chi connectivity index (χ0) is 24.9. The lowest BCUT2D eigenvalue weighted by Gasteiger charge is -2.41. The fourth-order valence-electron chi connectivity index (χ4n) is 2.78. The Bertz CT molecular complexity index is 1360. The predicted molar refractivity (Wildman–Crippen MR) is 109 cm³/mol. The van der Waals surface area contributed by atoms with Gasteiger partial charge < -0.3 is 5.32 Å². The Labute approximate surface area is 182 Å². The van der Waals surface area contributed by atoms with Crippen LogP contribution in [-0.4, -0.2) is 20.4 Å². The number of aromatic nitrogens is 2. The summed E-state index contributed by atoms with van der Waals surface area (Å²) < 4.78 is 127. The molecule has 2 N–H and O–H groups in total. The van der Waals surface area contributed by atoms with Crippen molar-refractivity contribution < 1.29 is 36.8 Å². The van der Waals surface area contributed by atoms with Gasteiger partial charge in [-0.3, -0.25) is 4.78 Å². The van der Waals surface area contributed by atoms with E-state index in [1.807, 2.05) is 0 Å². The van der Waals surface area contributed by atoms with Gasteiger partial charge >= 0.3 is 10.2 Å². The first-order chi connectivity index (χ1) is 14.8. The maximum absolute atomic E-state index is 14.1. The van der Waals surface area contributed by atoms with Crippen LogP contribution in [0.1, 0.15) is 5.56 Å². The lowest BCUT2D eigenvalue weighted by Crippen LogP contribution is -2.09. The van der Waals surface area contributed by atoms with Crippen LogP contribution < -0.4 is 5.32 Å². The molecule has 0 aliphatic heterocycles. The summed E-state index contributed by atoms with van der Waals surface area (Å²) in [6.07, 6.45) is 1.46. The van der Waals surface area contributed by atoms with Crippen molar-refractivity contribution in [3.05, 3.63) is 65.6 Å². The van der Waals surface area contributed by atoms with Crippen LogP contribution in [0.4, 0.5) is 44.2 Å². The van der Waals surface area contributed by atoms with Crippen LogP contribution in [0, 0.1) is 22.2 Å². The second kappa shape index (κ2) is 7.28. The Morgan fingerprint density at radius 3 is 2.24 bits per heavy atom. The van der Waals surface area contributed by atoms with E-state index in [2.05, 4.69) is 15.3 Å². The molecule has 1 heterocycles. The van der Waals surface area contributed by atoms with E-state index in [9.17, 15) is 36.8 Å². The van der Waals surface area contributed by atoms with Gasteiger partial charge in [0.15, 0.2) is 5.82 Å². The van der Waals surface area contributed by atoms with E-state index in [1.165, 1.54) is 0 Å². The number of hydrogen-bond donors (Lipinski definition) is 2. The molecule has 0 unspecified atom stereocenters. The van der Waals surface area contributed by atoms with Crippen molar-refractivity contribution >= 4 is 31.6 Å². The van der Waals surface area contributed by atoms with Gasteiger partial charge in [0.1, 0.15) is 22.2 Å². The molecular formula is C18H14F8N4OS2. The smallest absolute Gasteiger partial charge is 0.310 e. The molecule has 0 saturated carbocycles. The van der Waals surface area contributed by atoms with Crippen LogP contribution >= 0.6 is 10.2 Å². The quantitative estimate of drug-likeness (QED) is 0.340. The van der Waals surface area contributed by atoms with Gasteiger partial charge in [0.05, 0.1) is 11.9 Å². The highest BCUT2D eigenvalue weighted by Crippen LogP contribution is 3.02. The summed E-state index contributed by atoms with van der Waals surface area (Å²) >= 11 is 0. The summed E-state index contributed by atoms with van der Waals surface area (Å²) in [7, 11) is -13.6. The molecule has 3 aromatic rings. The highest BCUT2D eigenvalue weighted by Gasteiger charge is 2.65. The van der Waals surface area contributed by atoms with Crippen molar-refractivity contribution in [3.63, 3.8) is 0 Å². The van der Waals surface area contributed by atoms with E-state index in [0.717, 1.165) is 24.5 Å². The standard InChI is InChI=1S/C18H14F8N4OS2/c1-32(27,31)9-10-4-12(7-13(5-10)33(22,23,24,25)26)29-18-28-8-16(21)17(30-18)14-3-2-11(19)6-15(14)20/h2-8,27H,9H2,1H3,(H,28,29,30)/t32-/m1/s1. The second-order valence-electron chi connectivity index (χ2n) is 7.12. The average molecular weight is 518 g/mol. The fourth-order valence-corrected chi connectivity index (χ4v) is 4.31. The van der Waals surface area contributed by atoms with Crippen molar-refractivity contribution in [2.45, 2.75) is 10.6 Å². The van der Waals surface area contributed by atoms with Crippen LogP contribution in [0.15, 0.2) is 47.5 Å². The minimum atomic E-state index is -10.2. The van der Waals surface area contributed by atoms with E-state index in [0.29, 0.717) is 12.3 Å². The lowest BCUT2D eigenvalue weighted by molar-refractivity contribution is 0.364. The van der Waals surface area contributed by atoms with Gasteiger partial charge in [-0.25, -0.2) is 27.3 Å². The van der Waals surface area contributed by atoms with Crippen LogP contribution in [-0.2, 0) is 15.5 Å². The number of hydrogen-bond acceptors (Lipinski definition) is 5. The number of anilines is 2. The summed E-state index contributed by atoms with van der Waals surface area (Å²) in [5, 5.41) is 2.19. The summed E-state index contributed by atoms with van der Waals surface area (Å²) in [4.78, 5) is 4.82.